The molecule has 0 aliphatic heterocycles. The summed E-state index contributed by atoms with van der Waals surface area (Å²) in [5.41, 5.74) is 4.85. The molecule has 2 aromatic rings. The Kier molecular flexibility index (Phi) is 5.30. The van der Waals surface area contributed by atoms with Gasteiger partial charge in [0.15, 0.2) is 0 Å². The molecule has 126 valence electrons. The topological polar surface area (TPSA) is 50.7 Å². The first kappa shape index (κ1) is 16.7. The number of fused-ring (bicyclic) bond motifs is 1. The van der Waals surface area contributed by atoms with Gasteiger partial charge in [0.2, 0.25) is 0 Å². The van der Waals surface area contributed by atoms with E-state index in [1.165, 1.54) is 23.3 Å². The van der Waals surface area contributed by atoms with Crippen molar-refractivity contribution in [2.45, 2.75) is 32.6 Å². The van der Waals surface area contributed by atoms with Gasteiger partial charge in [-0.25, -0.2) is 5.43 Å². The fourth-order valence-corrected chi connectivity index (χ4v) is 4.10. The van der Waals surface area contributed by atoms with Crippen molar-refractivity contribution in [3.05, 3.63) is 51.2 Å². The zero-order valence-corrected chi connectivity index (χ0v) is 14.9. The minimum Gasteiger partial charge on any atom is -0.497 e. The number of hydrogen-bond donors (Lipinski definition) is 1. The largest absolute Gasteiger partial charge is 0.497 e. The van der Waals surface area contributed by atoms with Crippen molar-refractivity contribution in [2.75, 3.05) is 7.11 Å². The van der Waals surface area contributed by atoms with E-state index in [-0.39, 0.29) is 5.91 Å². The molecule has 4 nitrogen and oxygen atoms in total. The van der Waals surface area contributed by atoms with E-state index in [2.05, 4.69) is 17.5 Å². The summed E-state index contributed by atoms with van der Waals surface area (Å²) in [5.74, 6) is 1.39. The molecule has 1 atom stereocenters. The van der Waals surface area contributed by atoms with Gasteiger partial charge in [-0.15, -0.1) is 11.3 Å². The molecule has 0 radical (unpaired) electrons. The summed E-state index contributed by atoms with van der Waals surface area (Å²) >= 11 is 1.60. The van der Waals surface area contributed by atoms with Gasteiger partial charge < -0.3 is 4.74 Å². The summed E-state index contributed by atoms with van der Waals surface area (Å²) in [6, 6.07) is 9.57. The van der Waals surface area contributed by atoms with E-state index in [1.54, 1.807) is 24.7 Å². The van der Waals surface area contributed by atoms with Crippen LogP contribution < -0.4 is 10.2 Å². The minimum absolute atomic E-state index is 0.137. The first-order valence-electron chi connectivity index (χ1n) is 8.28. The van der Waals surface area contributed by atoms with E-state index in [1.807, 2.05) is 30.3 Å². The highest BCUT2D eigenvalue weighted by Crippen LogP contribution is 2.33. The van der Waals surface area contributed by atoms with Crippen LogP contribution in [-0.4, -0.2) is 19.2 Å². The Balaban J connectivity index is 1.63. The second-order valence-corrected chi connectivity index (χ2v) is 7.19. The maximum absolute atomic E-state index is 12.3. The zero-order valence-electron chi connectivity index (χ0n) is 14.0. The number of ether oxygens (including phenoxy) is 1. The fourth-order valence-electron chi connectivity index (χ4n) is 3.00. The molecule has 0 saturated carbocycles. The number of amides is 1. The average molecular weight is 342 g/mol. The van der Waals surface area contributed by atoms with Crippen LogP contribution in [0.2, 0.25) is 0 Å². The summed E-state index contributed by atoms with van der Waals surface area (Å²) in [5, 5.41) is 4.06. The molecule has 24 heavy (non-hydrogen) atoms. The number of methoxy groups -OCH3 is 1. The number of carbonyl (C=O) groups excluding carboxylic acids is 1. The lowest BCUT2D eigenvalue weighted by Crippen LogP contribution is -2.16. The molecule has 1 amide bonds. The van der Waals surface area contributed by atoms with E-state index in [0.29, 0.717) is 0 Å². The number of nitrogens with zero attached hydrogens (tertiary/aromatic N) is 1. The molecule has 0 saturated heterocycles. The summed E-state index contributed by atoms with van der Waals surface area (Å²) in [7, 11) is 1.62. The summed E-state index contributed by atoms with van der Waals surface area (Å²) in [6.07, 6.45) is 6.27. The quantitative estimate of drug-likeness (QED) is 0.659. The lowest BCUT2D eigenvalue weighted by molar-refractivity contribution is 0.0959. The van der Waals surface area contributed by atoms with Crippen LogP contribution in [0.25, 0.3) is 0 Å². The molecule has 0 spiro atoms. The van der Waals surface area contributed by atoms with Gasteiger partial charge in [0.1, 0.15) is 5.75 Å². The lowest BCUT2D eigenvalue weighted by Gasteiger charge is -2.19. The predicted molar refractivity (Wildman–Crippen MR) is 98.2 cm³/mol. The van der Waals surface area contributed by atoms with Crippen LogP contribution in [0.3, 0.4) is 0 Å². The van der Waals surface area contributed by atoms with Gasteiger partial charge in [0, 0.05) is 4.88 Å². The average Bonchev–Trinajstić information content (AvgIpc) is 3.05. The first-order chi connectivity index (χ1) is 11.7. The van der Waals surface area contributed by atoms with Crippen LogP contribution in [0.5, 0.6) is 5.75 Å². The summed E-state index contributed by atoms with van der Waals surface area (Å²) in [4.78, 5) is 14.4. The van der Waals surface area contributed by atoms with Crippen molar-refractivity contribution in [2.24, 2.45) is 11.0 Å². The molecule has 1 aromatic carbocycles. The maximum atomic E-state index is 12.3. The third kappa shape index (κ3) is 3.85. The second kappa shape index (κ2) is 7.62. The van der Waals surface area contributed by atoms with Crippen molar-refractivity contribution in [1.82, 2.24) is 5.43 Å². The monoisotopic (exact) mass is 342 g/mol. The Morgan fingerprint density at radius 1 is 1.46 bits per heavy atom. The standard InChI is InChI=1S/C19H22N2O2S/c1-3-13-7-8-17-15(9-13)11-18(24-17)19(22)21-20-12-14-5-4-6-16(10-14)23-2/h4-6,10-13H,3,7-9H2,1-2H3,(H,21,22)/b20-12-/t13-/m0/s1. The van der Waals surface area contributed by atoms with Crippen LogP contribution in [0.4, 0.5) is 0 Å². The van der Waals surface area contributed by atoms with E-state index >= 15 is 0 Å². The van der Waals surface area contributed by atoms with Crippen LogP contribution >= 0.6 is 11.3 Å². The molecule has 1 aliphatic carbocycles. The highest BCUT2D eigenvalue weighted by Gasteiger charge is 2.21. The number of hydrazone groups is 1. The number of aryl methyl sites for hydroxylation is 1. The predicted octanol–water partition coefficient (Wildman–Crippen LogP) is 4.04. The molecule has 5 heteroatoms. The van der Waals surface area contributed by atoms with Crippen molar-refractivity contribution in [3.63, 3.8) is 0 Å². The zero-order chi connectivity index (χ0) is 16.9. The Morgan fingerprint density at radius 3 is 3.12 bits per heavy atom. The SMILES string of the molecule is CC[C@H]1CCc2sc(C(=O)N/N=C\c3cccc(OC)c3)cc2C1. The van der Waals surface area contributed by atoms with Gasteiger partial charge in [-0.2, -0.15) is 5.10 Å². The highest BCUT2D eigenvalue weighted by atomic mass is 32.1. The van der Waals surface area contributed by atoms with E-state index < -0.39 is 0 Å². The maximum Gasteiger partial charge on any atom is 0.281 e. The molecule has 3 rings (SSSR count). The molecule has 1 heterocycles. The minimum atomic E-state index is -0.137. The molecule has 0 fully saturated rings. The van der Waals surface area contributed by atoms with E-state index in [0.717, 1.165) is 34.9 Å². The van der Waals surface area contributed by atoms with Gasteiger partial charge in [-0.05, 0) is 54.5 Å². The van der Waals surface area contributed by atoms with E-state index in [4.69, 9.17) is 4.74 Å². The molecule has 1 aliphatic rings. The van der Waals surface area contributed by atoms with Crippen LogP contribution in [0.15, 0.2) is 35.4 Å². The number of thiophene rings is 1. The van der Waals surface area contributed by atoms with Crippen molar-refractivity contribution in [1.29, 1.82) is 0 Å². The van der Waals surface area contributed by atoms with Crippen LogP contribution in [-0.2, 0) is 12.8 Å². The fraction of sp³-hybridized carbons (Fsp3) is 0.368. The Hall–Kier alpha value is -2.14. The van der Waals surface area contributed by atoms with Crippen LogP contribution in [0, 0.1) is 5.92 Å². The number of nitrogens with one attached hydrogen (secondary N) is 1. The molecule has 1 N–H and O–H groups in total. The second-order valence-electron chi connectivity index (χ2n) is 6.05. The molecular weight excluding hydrogens is 320 g/mol. The van der Waals surface area contributed by atoms with Crippen molar-refractivity contribution < 1.29 is 9.53 Å². The Bertz CT molecular complexity index is 752. The molecule has 0 unspecified atom stereocenters. The Morgan fingerprint density at radius 2 is 2.33 bits per heavy atom. The van der Waals surface area contributed by atoms with Crippen molar-refractivity contribution in [3.8, 4) is 5.75 Å². The first-order valence-corrected chi connectivity index (χ1v) is 9.10. The summed E-state index contributed by atoms with van der Waals surface area (Å²) < 4.78 is 5.17. The highest BCUT2D eigenvalue weighted by molar-refractivity contribution is 7.14. The molecule has 1 aromatic heterocycles. The van der Waals surface area contributed by atoms with Crippen LogP contribution in [0.1, 0.15) is 45.4 Å². The van der Waals surface area contributed by atoms with E-state index in [9.17, 15) is 4.79 Å². The lowest BCUT2D eigenvalue weighted by atomic mass is 9.87. The number of carbonyl (C=O) groups is 1. The van der Waals surface area contributed by atoms with Gasteiger partial charge in [-0.1, -0.05) is 25.5 Å². The molecule has 0 bridgehead atoms. The number of hydrogen-bond acceptors (Lipinski definition) is 4. The van der Waals surface area contributed by atoms with Gasteiger partial charge in [-0.3, -0.25) is 4.79 Å². The normalized spacial score (nSPS) is 16.8. The van der Waals surface area contributed by atoms with Crippen molar-refractivity contribution >= 4 is 23.5 Å². The van der Waals surface area contributed by atoms with Gasteiger partial charge in [0.25, 0.3) is 5.91 Å². The third-order valence-electron chi connectivity index (χ3n) is 4.46. The molecular formula is C19H22N2O2S. The number of benzene rings is 1. The smallest absolute Gasteiger partial charge is 0.281 e. The number of rotatable bonds is 5. The summed E-state index contributed by atoms with van der Waals surface area (Å²) in [6.45, 7) is 2.24. The van der Waals surface area contributed by atoms with Gasteiger partial charge >= 0.3 is 0 Å². The Labute approximate surface area is 146 Å². The van der Waals surface area contributed by atoms with Gasteiger partial charge in [0.05, 0.1) is 18.2 Å². The third-order valence-corrected chi connectivity index (χ3v) is 5.70.